The minimum absolute atomic E-state index is 0.108. The summed E-state index contributed by atoms with van der Waals surface area (Å²) in [5, 5.41) is -0.503. The number of rotatable bonds is 5. The van der Waals surface area contributed by atoms with Gasteiger partial charge in [0.15, 0.2) is 0 Å². The first-order chi connectivity index (χ1) is 10.4. The Morgan fingerprint density at radius 3 is 2.77 bits per heavy atom. The summed E-state index contributed by atoms with van der Waals surface area (Å²) >= 11 is 0. The standard InChI is InChI=1S/C15H20N2O4S/c1-11-2-5-13(21-11)6-7-15(18)17-9-8-14(10-17)22(19,20)16-12-3-4-12/h2,5-7,12,14,16H,3-4,8-10H2,1H3/b7-6+. The molecule has 1 saturated carbocycles. The van der Waals surface area contributed by atoms with E-state index in [4.69, 9.17) is 4.42 Å². The third kappa shape index (κ3) is 3.59. The van der Waals surface area contributed by atoms with Gasteiger partial charge in [-0.1, -0.05) is 0 Å². The number of hydrogen-bond acceptors (Lipinski definition) is 4. The molecule has 1 saturated heterocycles. The van der Waals surface area contributed by atoms with E-state index in [9.17, 15) is 13.2 Å². The van der Waals surface area contributed by atoms with E-state index in [0.29, 0.717) is 18.7 Å². The number of nitrogens with zero attached hydrogens (tertiary/aromatic N) is 1. The van der Waals surface area contributed by atoms with E-state index in [1.165, 1.54) is 6.08 Å². The zero-order valence-corrected chi connectivity index (χ0v) is 13.3. The highest BCUT2D eigenvalue weighted by atomic mass is 32.2. The molecule has 2 heterocycles. The van der Waals surface area contributed by atoms with Crippen LogP contribution in [0.4, 0.5) is 0 Å². The molecule has 0 spiro atoms. The second-order valence-corrected chi connectivity index (χ2v) is 7.91. The average Bonchev–Trinajstić information content (AvgIpc) is 2.97. The summed E-state index contributed by atoms with van der Waals surface area (Å²) in [4.78, 5) is 13.7. The summed E-state index contributed by atoms with van der Waals surface area (Å²) in [6.45, 7) is 2.56. The molecule has 1 aliphatic heterocycles. The molecule has 6 nitrogen and oxygen atoms in total. The van der Waals surface area contributed by atoms with E-state index in [1.54, 1.807) is 17.0 Å². The average molecular weight is 324 g/mol. The van der Waals surface area contributed by atoms with Crippen LogP contribution >= 0.6 is 0 Å². The molecule has 1 aromatic heterocycles. The molecule has 1 aliphatic carbocycles. The zero-order valence-electron chi connectivity index (χ0n) is 12.5. The maximum atomic E-state index is 12.2. The van der Waals surface area contributed by atoms with Crippen LogP contribution in [0.15, 0.2) is 22.6 Å². The third-order valence-electron chi connectivity index (χ3n) is 3.96. The highest BCUT2D eigenvalue weighted by Gasteiger charge is 2.37. The van der Waals surface area contributed by atoms with E-state index in [-0.39, 0.29) is 18.5 Å². The Hall–Kier alpha value is -1.60. The number of nitrogens with one attached hydrogen (secondary N) is 1. The van der Waals surface area contributed by atoms with Crippen LogP contribution in [-0.4, -0.2) is 43.6 Å². The van der Waals surface area contributed by atoms with E-state index >= 15 is 0 Å². The van der Waals surface area contributed by atoms with Gasteiger partial charge in [-0.3, -0.25) is 4.79 Å². The van der Waals surface area contributed by atoms with Crippen molar-refractivity contribution in [2.45, 2.75) is 37.5 Å². The molecule has 0 aromatic carbocycles. The van der Waals surface area contributed by atoms with Crippen molar-refractivity contribution in [3.05, 3.63) is 29.7 Å². The second-order valence-electron chi connectivity index (χ2n) is 5.91. The summed E-state index contributed by atoms with van der Waals surface area (Å²) in [6.07, 6.45) is 5.36. The molecule has 2 aliphatic rings. The molecule has 1 N–H and O–H groups in total. The number of amides is 1. The van der Waals surface area contributed by atoms with Gasteiger partial charge in [0.25, 0.3) is 0 Å². The van der Waals surface area contributed by atoms with Gasteiger partial charge < -0.3 is 9.32 Å². The summed E-state index contributed by atoms with van der Waals surface area (Å²) in [7, 11) is -3.31. The maximum absolute atomic E-state index is 12.2. The molecule has 1 aromatic rings. The number of furan rings is 1. The number of sulfonamides is 1. The Balaban J connectivity index is 1.57. The zero-order chi connectivity index (χ0) is 15.7. The van der Waals surface area contributed by atoms with Crippen molar-refractivity contribution in [1.29, 1.82) is 0 Å². The van der Waals surface area contributed by atoms with Gasteiger partial charge >= 0.3 is 0 Å². The van der Waals surface area contributed by atoms with Gasteiger partial charge in [0, 0.05) is 25.2 Å². The number of hydrogen-bond donors (Lipinski definition) is 1. The van der Waals surface area contributed by atoms with Crippen molar-refractivity contribution in [2.75, 3.05) is 13.1 Å². The van der Waals surface area contributed by atoms with Gasteiger partial charge in [0.2, 0.25) is 15.9 Å². The Morgan fingerprint density at radius 1 is 1.36 bits per heavy atom. The Kier molecular flexibility index (Phi) is 4.10. The lowest BCUT2D eigenvalue weighted by Gasteiger charge is -2.15. The molecular formula is C15H20N2O4S. The lowest BCUT2D eigenvalue weighted by Crippen LogP contribution is -2.38. The van der Waals surface area contributed by atoms with Crippen molar-refractivity contribution >= 4 is 22.0 Å². The first-order valence-electron chi connectivity index (χ1n) is 7.48. The Bertz CT molecular complexity index is 688. The lowest BCUT2D eigenvalue weighted by atomic mass is 10.3. The summed E-state index contributed by atoms with van der Waals surface area (Å²) in [5.74, 6) is 1.22. The van der Waals surface area contributed by atoms with E-state index < -0.39 is 15.3 Å². The van der Waals surface area contributed by atoms with Gasteiger partial charge in [0.1, 0.15) is 11.5 Å². The van der Waals surface area contributed by atoms with Gasteiger partial charge in [-0.25, -0.2) is 13.1 Å². The predicted octanol–water partition coefficient (Wildman–Crippen LogP) is 1.28. The van der Waals surface area contributed by atoms with E-state index in [1.807, 2.05) is 13.0 Å². The monoisotopic (exact) mass is 324 g/mol. The van der Waals surface area contributed by atoms with Crippen molar-refractivity contribution in [2.24, 2.45) is 0 Å². The van der Waals surface area contributed by atoms with Crippen LogP contribution in [0.5, 0.6) is 0 Å². The maximum Gasteiger partial charge on any atom is 0.246 e. The first-order valence-corrected chi connectivity index (χ1v) is 9.03. The van der Waals surface area contributed by atoms with Crippen LogP contribution in [0.25, 0.3) is 6.08 Å². The molecule has 1 amide bonds. The highest BCUT2D eigenvalue weighted by Crippen LogP contribution is 2.23. The van der Waals surface area contributed by atoms with Crippen LogP contribution in [0.2, 0.25) is 0 Å². The predicted molar refractivity (Wildman–Crippen MR) is 82.5 cm³/mol. The number of carbonyl (C=O) groups is 1. The van der Waals surface area contributed by atoms with Gasteiger partial charge in [-0.15, -0.1) is 0 Å². The minimum Gasteiger partial charge on any atom is -0.462 e. The SMILES string of the molecule is Cc1ccc(/C=C/C(=O)N2CCC(S(=O)(=O)NC3CC3)C2)o1. The normalized spacial score (nSPS) is 22.6. The molecule has 120 valence electrons. The van der Waals surface area contributed by atoms with Crippen molar-refractivity contribution < 1.29 is 17.6 Å². The summed E-state index contributed by atoms with van der Waals surface area (Å²) in [5.41, 5.74) is 0. The molecule has 22 heavy (non-hydrogen) atoms. The molecule has 0 bridgehead atoms. The fourth-order valence-electron chi connectivity index (χ4n) is 2.51. The smallest absolute Gasteiger partial charge is 0.246 e. The number of likely N-dealkylation sites (tertiary alicyclic amines) is 1. The molecule has 1 unspecified atom stereocenters. The Morgan fingerprint density at radius 2 is 2.14 bits per heavy atom. The van der Waals surface area contributed by atoms with E-state index in [2.05, 4.69) is 4.72 Å². The van der Waals surface area contributed by atoms with Crippen LogP contribution in [0.1, 0.15) is 30.8 Å². The summed E-state index contributed by atoms with van der Waals surface area (Å²) in [6, 6.07) is 3.72. The summed E-state index contributed by atoms with van der Waals surface area (Å²) < 4.78 is 32.4. The molecule has 0 radical (unpaired) electrons. The fraction of sp³-hybridized carbons (Fsp3) is 0.533. The molecule has 1 atom stereocenters. The van der Waals surface area contributed by atoms with Gasteiger partial charge in [-0.05, 0) is 44.4 Å². The molecule has 7 heteroatoms. The van der Waals surface area contributed by atoms with E-state index in [0.717, 1.165) is 18.6 Å². The quantitative estimate of drug-likeness (QED) is 0.828. The molecule has 2 fully saturated rings. The largest absolute Gasteiger partial charge is 0.462 e. The highest BCUT2D eigenvalue weighted by molar-refractivity contribution is 7.90. The topological polar surface area (TPSA) is 79.6 Å². The molecular weight excluding hydrogens is 304 g/mol. The van der Waals surface area contributed by atoms with Gasteiger partial charge in [0.05, 0.1) is 5.25 Å². The van der Waals surface area contributed by atoms with Crippen molar-refractivity contribution in [1.82, 2.24) is 9.62 Å². The number of aryl methyl sites for hydroxylation is 1. The van der Waals surface area contributed by atoms with Crippen LogP contribution in [-0.2, 0) is 14.8 Å². The van der Waals surface area contributed by atoms with Crippen LogP contribution < -0.4 is 4.72 Å². The first kappa shape index (κ1) is 15.3. The third-order valence-corrected chi connectivity index (χ3v) is 5.88. The van der Waals surface area contributed by atoms with Crippen LogP contribution in [0, 0.1) is 6.92 Å². The molecule has 3 rings (SSSR count). The van der Waals surface area contributed by atoms with Crippen molar-refractivity contribution in [3.8, 4) is 0 Å². The fourth-order valence-corrected chi connectivity index (χ4v) is 4.20. The van der Waals surface area contributed by atoms with Crippen LogP contribution in [0.3, 0.4) is 0 Å². The lowest BCUT2D eigenvalue weighted by molar-refractivity contribution is -0.124. The van der Waals surface area contributed by atoms with Gasteiger partial charge in [-0.2, -0.15) is 0 Å². The number of carbonyl (C=O) groups excluding carboxylic acids is 1. The second kappa shape index (κ2) is 5.89. The Labute approximate surface area is 130 Å². The van der Waals surface area contributed by atoms with Crippen molar-refractivity contribution in [3.63, 3.8) is 0 Å². The minimum atomic E-state index is -3.31.